The molecule has 4 heteroatoms. The van der Waals surface area contributed by atoms with E-state index >= 15 is 0 Å². The molecule has 0 heterocycles. The van der Waals surface area contributed by atoms with Gasteiger partial charge in [-0.05, 0) is 321 Å². The van der Waals surface area contributed by atoms with E-state index in [-0.39, 0.29) is 5.71 Å². The number of allylic oxidation sites excluding steroid dienone is 24. The van der Waals surface area contributed by atoms with E-state index in [9.17, 15) is 19.2 Å². The van der Waals surface area contributed by atoms with Crippen molar-refractivity contribution >= 4 is 23.1 Å². The van der Waals surface area contributed by atoms with Crippen LogP contribution in [0, 0.1) is 71.0 Å². The Balaban J connectivity index is -0.000000793. The molecule has 0 radical (unpaired) electrons. The molecule has 4 aliphatic carbocycles. The third-order valence-corrected chi connectivity index (χ3v) is 28.3. The SMILES string of the molecule is CC/C=C\C/C=C\C/C=C\CCC1CCC(CCCCCCC(=O)CCC(C)CC)C1.CC/C=C\C/C=C\CCC1CCC(CC/C=C\CCCCCC(=O)CCC(C)CC)C1.CC/C=C\CCC1CCC(CC/C=C\C/C=C\CCCCCC(=O)CCC(C)CC)C1.CCCC1CCC(CC/C=C\C/C=C\C/C=C\CCCCCC(=O)CCC(C)CC)C1.[HH].[HH].[HH].[HH]. The van der Waals surface area contributed by atoms with Gasteiger partial charge in [-0.25, -0.2) is 0 Å². The molecular weight excluding hydrogens is 1510 g/mol. The normalized spacial score (nSPS) is 20.5. The van der Waals surface area contributed by atoms with Crippen LogP contribution in [-0.4, -0.2) is 23.1 Å². The van der Waals surface area contributed by atoms with Crippen molar-refractivity contribution in [3.63, 3.8) is 0 Å². The lowest BCUT2D eigenvalue weighted by Crippen LogP contribution is -2.02. The largest absolute Gasteiger partial charge is 0.300 e. The van der Waals surface area contributed by atoms with E-state index in [0.29, 0.717) is 46.8 Å². The zero-order valence-corrected chi connectivity index (χ0v) is 84.5. The summed E-state index contributed by atoms with van der Waals surface area (Å²) in [6.45, 7) is 26.7. The third-order valence-electron chi connectivity index (χ3n) is 28.3. The van der Waals surface area contributed by atoms with Crippen molar-refractivity contribution in [1.82, 2.24) is 0 Å². The summed E-state index contributed by atoms with van der Waals surface area (Å²) in [5.41, 5.74) is 0. The molecular formula is C120H216O4. The Bertz CT molecular complexity index is 2830. The minimum Gasteiger partial charge on any atom is -0.300 e. The molecule has 0 aromatic rings. The lowest BCUT2D eigenvalue weighted by atomic mass is 9.95. The van der Waals surface area contributed by atoms with Crippen molar-refractivity contribution in [2.45, 2.75) is 520 Å². The third kappa shape index (κ3) is 77.5. The Morgan fingerprint density at radius 3 is 0.669 bits per heavy atom. The average molecular weight is 1720 g/mol. The van der Waals surface area contributed by atoms with Crippen molar-refractivity contribution in [1.29, 1.82) is 0 Å². The van der Waals surface area contributed by atoms with Gasteiger partial charge in [0.25, 0.3) is 0 Å². The van der Waals surface area contributed by atoms with Gasteiger partial charge in [0.05, 0.1) is 0 Å². The van der Waals surface area contributed by atoms with Gasteiger partial charge in [-0.2, -0.15) is 0 Å². The highest BCUT2D eigenvalue weighted by atomic mass is 16.1. The molecule has 0 aromatic heterocycles. The van der Waals surface area contributed by atoms with E-state index < -0.39 is 0 Å². The van der Waals surface area contributed by atoms with Crippen molar-refractivity contribution in [2.75, 3.05) is 0 Å². The van der Waals surface area contributed by atoms with Crippen LogP contribution in [0.3, 0.4) is 0 Å². The summed E-state index contributed by atoms with van der Waals surface area (Å²) in [5, 5.41) is 0. The maximum Gasteiger partial charge on any atom is 0.132 e. The van der Waals surface area contributed by atoms with E-state index in [4.69, 9.17) is 0 Å². The molecule has 4 rings (SSSR count). The van der Waals surface area contributed by atoms with Gasteiger partial charge in [0.2, 0.25) is 0 Å². The van der Waals surface area contributed by atoms with Crippen molar-refractivity contribution in [2.24, 2.45) is 71.0 Å². The van der Waals surface area contributed by atoms with Gasteiger partial charge in [0.1, 0.15) is 23.1 Å². The van der Waals surface area contributed by atoms with Crippen molar-refractivity contribution < 1.29 is 24.9 Å². The van der Waals surface area contributed by atoms with Crippen LogP contribution in [0.15, 0.2) is 146 Å². The molecule has 4 fully saturated rings. The van der Waals surface area contributed by atoms with Gasteiger partial charge in [-0.3, -0.25) is 19.2 Å². The predicted octanol–water partition coefficient (Wildman–Crippen LogP) is 40.1. The zero-order chi connectivity index (χ0) is 90.3. The molecule has 4 saturated carbocycles. The second-order valence-corrected chi connectivity index (χ2v) is 39.8. The molecule has 720 valence electrons. The number of hydrogen-bond donors (Lipinski definition) is 0. The van der Waals surface area contributed by atoms with Crippen LogP contribution >= 0.6 is 0 Å². The fourth-order valence-corrected chi connectivity index (χ4v) is 18.7. The van der Waals surface area contributed by atoms with Gasteiger partial charge in [-0.1, -0.05) is 364 Å². The standard InChI is InChI=1S/4C30H52O.4H2/c1-4-19-28-23-24-29(26-28)20-17-15-13-11-9-7-6-8-10-12-14-16-18-21-30(31)25-22-27(3)5-2;1-4-6-7-16-19-28-23-24-29(26-28)20-17-14-12-10-8-9-11-13-15-18-21-30(31)25-22-27(3)5-2;1-4-6-7-8-10-13-16-19-28-23-24-29(26-28)20-17-14-11-9-12-15-18-21-30(31)25-22-27(3)5-2;1-4-6-7-8-9-10-11-12-13-16-19-28-23-24-29(26-28)20-17-14-15-18-21-30(31)25-22-27(3)5-2;;;;/h7-10,13,15,27-29H,4-6,11-12,14,16-26H2,1-3H3;6-9,12,14,27-29H,4-5,10-11,13,15-26H2,1-3H3;6-7,10-11,13-14,27-29H,4-5,8-9,12,15-26H2,1-3H3;6-7,9-10,12-13,27-29H,4-5,8,11,14-26H2,1-3H3;4*1H/b9-7-,10-8-,15-13-;7-6-,9-8-,14-12-;7-6-,13-10-,14-11-;7-6-,10-9-,13-12-;;;;. The van der Waals surface area contributed by atoms with Crippen LogP contribution in [0.5, 0.6) is 0 Å². The molecule has 0 saturated heterocycles. The molecule has 124 heavy (non-hydrogen) atoms. The first kappa shape index (κ1) is 118. The van der Waals surface area contributed by atoms with Gasteiger partial charge < -0.3 is 0 Å². The van der Waals surface area contributed by atoms with E-state index in [1.54, 1.807) is 0 Å². The van der Waals surface area contributed by atoms with Crippen LogP contribution in [0.4, 0.5) is 0 Å². The Morgan fingerprint density at radius 1 is 0.218 bits per heavy atom. The Morgan fingerprint density at radius 2 is 0.411 bits per heavy atom. The smallest absolute Gasteiger partial charge is 0.132 e. The fourth-order valence-electron chi connectivity index (χ4n) is 18.7. The van der Waals surface area contributed by atoms with Gasteiger partial charge >= 0.3 is 0 Å². The number of unbranched alkanes of at least 4 members (excludes halogenated alkanes) is 12. The minimum absolute atomic E-state index is 0. The molecule has 12 unspecified atom stereocenters. The van der Waals surface area contributed by atoms with Crippen LogP contribution in [-0.2, 0) is 19.2 Å². The monoisotopic (exact) mass is 1720 g/mol. The Labute approximate surface area is 779 Å². The first-order chi connectivity index (χ1) is 60.6. The second kappa shape index (κ2) is 89.2. The molecule has 12 atom stereocenters. The van der Waals surface area contributed by atoms with Gasteiger partial charge in [0.15, 0.2) is 0 Å². The first-order valence-electron chi connectivity index (χ1n) is 54.5. The van der Waals surface area contributed by atoms with Gasteiger partial charge in [0, 0.05) is 57.1 Å². The predicted molar refractivity (Wildman–Crippen MR) is 562 cm³/mol. The molecule has 0 aliphatic heterocycles. The molecule has 4 nitrogen and oxygen atoms in total. The number of rotatable bonds is 76. The summed E-state index contributed by atoms with van der Waals surface area (Å²) >= 11 is 0. The molecule has 0 bridgehead atoms. The van der Waals surface area contributed by atoms with E-state index in [0.717, 1.165) is 214 Å². The molecule has 0 aromatic carbocycles. The number of ketones is 4. The minimum atomic E-state index is 0. The zero-order valence-electron chi connectivity index (χ0n) is 84.5. The highest BCUT2D eigenvalue weighted by Gasteiger charge is 2.27. The highest BCUT2D eigenvalue weighted by Crippen LogP contribution is 2.40. The number of Topliss-reactive ketones (excluding diaryl/α,β-unsaturated/α-hetero) is 4. The Kier molecular flexibility index (Phi) is 84.5. The molecule has 0 spiro atoms. The molecule has 0 N–H and O–H groups in total. The van der Waals surface area contributed by atoms with Crippen molar-refractivity contribution in [3.05, 3.63) is 146 Å². The van der Waals surface area contributed by atoms with Crippen molar-refractivity contribution in [3.8, 4) is 0 Å². The quantitative estimate of drug-likeness (QED) is 0.0449. The second-order valence-electron chi connectivity index (χ2n) is 39.8. The van der Waals surface area contributed by atoms with E-state index in [1.165, 1.54) is 270 Å². The summed E-state index contributed by atoms with van der Waals surface area (Å²) in [6, 6.07) is 0. The number of carbonyl (C=O) groups excluding carboxylic acids is 4. The maximum atomic E-state index is 11.9. The summed E-state index contributed by atoms with van der Waals surface area (Å²) in [6.07, 6.45) is 138. The lowest BCUT2D eigenvalue weighted by Gasteiger charge is -2.11. The summed E-state index contributed by atoms with van der Waals surface area (Å²) in [7, 11) is 0. The number of hydrogen-bond acceptors (Lipinski definition) is 4. The summed E-state index contributed by atoms with van der Waals surface area (Å²) in [5.74, 6) is 12.6. The fraction of sp³-hybridized carbons (Fsp3) is 0.767. The summed E-state index contributed by atoms with van der Waals surface area (Å²) < 4.78 is 0. The van der Waals surface area contributed by atoms with Crippen LogP contribution in [0.1, 0.15) is 525 Å². The molecule has 4 aliphatic rings. The van der Waals surface area contributed by atoms with Crippen LogP contribution < -0.4 is 0 Å². The Hall–Kier alpha value is -4.44. The lowest BCUT2D eigenvalue weighted by molar-refractivity contribution is -0.120. The van der Waals surface area contributed by atoms with Crippen LogP contribution in [0.2, 0.25) is 0 Å². The number of carbonyl (C=O) groups is 4. The average Bonchev–Trinajstić information content (AvgIpc) is 1.80. The summed E-state index contributed by atoms with van der Waals surface area (Å²) in [4.78, 5) is 47.5. The first-order valence-corrected chi connectivity index (χ1v) is 54.5. The van der Waals surface area contributed by atoms with Crippen LogP contribution in [0.25, 0.3) is 0 Å². The van der Waals surface area contributed by atoms with Gasteiger partial charge in [-0.15, -0.1) is 0 Å². The topological polar surface area (TPSA) is 68.3 Å². The van der Waals surface area contributed by atoms with E-state index in [2.05, 4.69) is 229 Å². The van der Waals surface area contributed by atoms with E-state index in [1.807, 2.05) is 0 Å². The molecule has 0 amide bonds. The maximum absolute atomic E-state index is 11.9. The highest BCUT2D eigenvalue weighted by molar-refractivity contribution is 5.79.